The van der Waals surface area contributed by atoms with Crippen molar-refractivity contribution in [3.63, 3.8) is 0 Å². The maximum Gasteiger partial charge on any atom is 0.322 e. The van der Waals surface area contributed by atoms with Crippen LogP contribution in [0.5, 0.6) is 0 Å². The molecule has 7 amide bonds. The predicted molar refractivity (Wildman–Crippen MR) is 176 cm³/mol. The Morgan fingerprint density at radius 2 is 1.10 bits per heavy atom. The fourth-order valence-corrected chi connectivity index (χ4v) is 4.33. The summed E-state index contributed by atoms with van der Waals surface area (Å²) in [7, 11) is 0. The van der Waals surface area contributed by atoms with Crippen LogP contribution in [-0.2, 0) is 47.9 Å². The van der Waals surface area contributed by atoms with Crippen molar-refractivity contribution in [1.29, 1.82) is 0 Å². The average Bonchev–Trinajstić information content (AvgIpc) is 3.03. The summed E-state index contributed by atoms with van der Waals surface area (Å²) in [6.07, 6.45) is -2.27. The van der Waals surface area contributed by atoms with E-state index in [1.54, 1.807) is 27.7 Å². The molecule has 21 nitrogen and oxygen atoms in total. The Balaban J connectivity index is 6.12. The van der Waals surface area contributed by atoms with Gasteiger partial charge < -0.3 is 58.7 Å². The number of carboxylic acids is 3. The molecule has 7 atom stereocenters. The van der Waals surface area contributed by atoms with E-state index in [2.05, 4.69) is 31.9 Å². The van der Waals surface area contributed by atoms with Crippen molar-refractivity contribution in [3.05, 3.63) is 0 Å². The van der Waals surface area contributed by atoms with Gasteiger partial charge in [0.2, 0.25) is 41.4 Å². The minimum atomic E-state index is -1.61. The minimum Gasteiger partial charge on any atom is -0.481 e. The van der Waals surface area contributed by atoms with E-state index in [1.807, 2.05) is 0 Å². The van der Waals surface area contributed by atoms with E-state index in [4.69, 9.17) is 21.7 Å². The van der Waals surface area contributed by atoms with E-state index < -0.39 is 146 Å². The Morgan fingerprint density at radius 3 is 1.57 bits per heavy atom. The number of carbonyl (C=O) groups excluding carboxylic acids is 7. The van der Waals surface area contributed by atoms with Crippen molar-refractivity contribution in [1.82, 2.24) is 31.9 Å². The van der Waals surface area contributed by atoms with Crippen LogP contribution in [0.15, 0.2) is 0 Å². The summed E-state index contributed by atoms with van der Waals surface area (Å²) in [4.78, 5) is 123. The molecule has 0 saturated carbocycles. The second-order valence-corrected chi connectivity index (χ2v) is 12.2. The molecule has 0 rings (SSSR count). The van der Waals surface area contributed by atoms with Crippen LogP contribution in [0.2, 0.25) is 0 Å². The number of carbonyl (C=O) groups is 10. The topological polar surface area (TPSA) is 356 Å². The third kappa shape index (κ3) is 17.8. The molecule has 0 fully saturated rings. The Hall–Kier alpha value is -5.34. The molecule has 0 unspecified atom stereocenters. The van der Waals surface area contributed by atoms with Gasteiger partial charge in [-0.2, -0.15) is 0 Å². The highest BCUT2D eigenvalue weighted by Gasteiger charge is 2.34. The molecule has 0 heterocycles. The molecule has 0 aromatic carbocycles. The maximum atomic E-state index is 13.5. The molecule has 288 valence electrons. The van der Waals surface area contributed by atoms with Gasteiger partial charge in [0.05, 0.1) is 12.5 Å². The number of rotatable bonds is 24. The first-order chi connectivity index (χ1) is 23.6. The standard InChI is InChI=1S/C30H50N8O13/c1-6-14(4)24(29(50)33-12-22(44)45)38-30(51)23(13(2)3)37-28(49)18(8-10-20(40)41)36-27(48)17(7-9-19(32)39)35-25(46)15(5)34-26(47)16(31)11-21(42)43/h13-18,23-24H,6-12,31H2,1-5H3,(H2,32,39)(H,33,50)(H,34,47)(H,35,46)(H,36,48)(H,37,49)(H,38,51)(H,40,41)(H,42,43)(H,44,45)/t14-,15-,16-,17-,18-,23-,24-/m0/s1. The molecule has 0 spiro atoms. The summed E-state index contributed by atoms with van der Waals surface area (Å²) in [5, 5.41) is 41.0. The van der Waals surface area contributed by atoms with E-state index in [0.29, 0.717) is 6.42 Å². The minimum absolute atomic E-state index is 0.392. The molecule has 21 heteroatoms. The maximum absolute atomic E-state index is 13.5. The number of hydrogen-bond acceptors (Lipinski definition) is 11. The molecule has 0 aromatic heterocycles. The van der Waals surface area contributed by atoms with Crippen molar-refractivity contribution >= 4 is 59.3 Å². The average molecular weight is 731 g/mol. The molecular weight excluding hydrogens is 680 g/mol. The summed E-state index contributed by atoms with van der Waals surface area (Å²) >= 11 is 0. The summed E-state index contributed by atoms with van der Waals surface area (Å²) in [6, 6.07) is -8.52. The van der Waals surface area contributed by atoms with Gasteiger partial charge in [0.15, 0.2) is 0 Å². The molecule has 0 aliphatic carbocycles. The van der Waals surface area contributed by atoms with Crippen molar-refractivity contribution < 1.29 is 63.3 Å². The van der Waals surface area contributed by atoms with Crippen LogP contribution in [0, 0.1) is 11.8 Å². The second kappa shape index (κ2) is 22.4. The highest BCUT2D eigenvalue weighted by atomic mass is 16.4. The van der Waals surface area contributed by atoms with Gasteiger partial charge in [-0.1, -0.05) is 34.1 Å². The number of primary amides is 1. The third-order valence-electron chi connectivity index (χ3n) is 7.53. The molecule has 0 radical (unpaired) electrons. The van der Waals surface area contributed by atoms with Gasteiger partial charge >= 0.3 is 17.9 Å². The molecule has 0 bridgehead atoms. The highest BCUT2D eigenvalue weighted by Crippen LogP contribution is 2.11. The van der Waals surface area contributed by atoms with Crippen molar-refractivity contribution in [3.8, 4) is 0 Å². The Labute approximate surface area is 293 Å². The lowest BCUT2D eigenvalue weighted by Gasteiger charge is -2.29. The monoisotopic (exact) mass is 730 g/mol. The van der Waals surface area contributed by atoms with Crippen LogP contribution in [0.3, 0.4) is 0 Å². The van der Waals surface area contributed by atoms with Crippen LogP contribution in [-0.4, -0.2) is 117 Å². The smallest absolute Gasteiger partial charge is 0.322 e. The largest absolute Gasteiger partial charge is 0.481 e. The lowest BCUT2D eigenvalue weighted by Crippen LogP contribution is -2.60. The number of nitrogens with one attached hydrogen (secondary N) is 6. The van der Waals surface area contributed by atoms with E-state index in [-0.39, 0.29) is 0 Å². The summed E-state index contributed by atoms with van der Waals surface area (Å²) < 4.78 is 0. The quantitative estimate of drug-likeness (QED) is 0.0455. The van der Waals surface area contributed by atoms with Crippen LogP contribution in [0.25, 0.3) is 0 Å². The summed E-state index contributed by atoms with van der Waals surface area (Å²) in [5.41, 5.74) is 10.7. The fraction of sp³-hybridized carbons (Fsp3) is 0.667. The number of carboxylic acid groups (broad SMARTS) is 3. The first-order valence-electron chi connectivity index (χ1n) is 16.1. The van der Waals surface area contributed by atoms with Crippen molar-refractivity contribution in [2.45, 2.75) is 109 Å². The van der Waals surface area contributed by atoms with E-state index in [1.165, 1.54) is 6.92 Å². The Morgan fingerprint density at radius 1 is 0.588 bits per heavy atom. The molecule has 13 N–H and O–H groups in total. The van der Waals surface area contributed by atoms with Gasteiger partial charge in [-0.15, -0.1) is 0 Å². The number of nitrogens with two attached hydrogens (primary N) is 2. The normalized spacial score (nSPS) is 15.0. The molecule has 0 aliphatic rings. The van der Waals surface area contributed by atoms with Crippen LogP contribution < -0.4 is 43.4 Å². The second-order valence-electron chi connectivity index (χ2n) is 12.2. The van der Waals surface area contributed by atoms with E-state index in [9.17, 15) is 53.1 Å². The molecule has 0 saturated heterocycles. The van der Waals surface area contributed by atoms with Crippen LogP contribution >= 0.6 is 0 Å². The van der Waals surface area contributed by atoms with Crippen molar-refractivity contribution in [2.75, 3.05) is 6.54 Å². The Bertz CT molecular complexity index is 1310. The number of aliphatic carboxylic acids is 3. The fourth-order valence-electron chi connectivity index (χ4n) is 4.33. The van der Waals surface area contributed by atoms with Crippen LogP contribution in [0.1, 0.15) is 73.1 Å². The van der Waals surface area contributed by atoms with Gasteiger partial charge in [-0.25, -0.2) is 0 Å². The molecule has 0 aliphatic heterocycles. The zero-order valence-electron chi connectivity index (χ0n) is 29.1. The van der Waals surface area contributed by atoms with E-state index in [0.717, 1.165) is 0 Å². The van der Waals surface area contributed by atoms with Gasteiger partial charge in [0, 0.05) is 12.8 Å². The molecular formula is C30H50N8O13. The summed E-state index contributed by atoms with van der Waals surface area (Å²) in [5.74, 6) is -11.6. The van der Waals surface area contributed by atoms with Gasteiger partial charge in [-0.3, -0.25) is 47.9 Å². The van der Waals surface area contributed by atoms with Gasteiger partial charge in [0.25, 0.3) is 0 Å². The van der Waals surface area contributed by atoms with E-state index >= 15 is 0 Å². The Kier molecular flexibility index (Phi) is 20.0. The van der Waals surface area contributed by atoms with Crippen molar-refractivity contribution in [2.24, 2.45) is 23.3 Å². The molecule has 51 heavy (non-hydrogen) atoms. The number of amides is 7. The zero-order chi connectivity index (χ0) is 39.6. The van der Waals surface area contributed by atoms with Gasteiger partial charge in [0.1, 0.15) is 36.8 Å². The predicted octanol–water partition coefficient (Wildman–Crippen LogP) is -3.73. The third-order valence-corrected chi connectivity index (χ3v) is 7.53. The lowest BCUT2D eigenvalue weighted by atomic mass is 9.96. The molecule has 0 aromatic rings. The summed E-state index contributed by atoms with van der Waals surface area (Å²) in [6.45, 7) is 6.99. The highest BCUT2D eigenvalue weighted by molar-refractivity contribution is 5.97. The van der Waals surface area contributed by atoms with Gasteiger partial charge in [-0.05, 0) is 31.6 Å². The zero-order valence-corrected chi connectivity index (χ0v) is 29.1. The number of hydrogen-bond donors (Lipinski definition) is 11. The lowest BCUT2D eigenvalue weighted by molar-refractivity contribution is -0.140. The first-order valence-corrected chi connectivity index (χ1v) is 16.1. The first kappa shape index (κ1) is 45.7. The SMILES string of the molecule is CC[C@H](C)[C@H](NC(=O)[C@@H](NC(=O)[C@H](CCC(=O)O)NC(=O)[C@H](CCC(N)=O)NC(=O)[C@H](C)NC(=O)[C@@H](N)CC(=O)O)C(C)C)C(=O)NCC(=O)O. The van der Waals surface area contributed by atoms with Crippen LogP contribution in [0.4, 0.5) is 0 Å².